The summed E-state index contributed by atoms with van der Waals surface area (Å²) in [5.41, 5.74) is 7.16. The van der Waals surface area contributed by atoms with Crippen molar-refractivity contribution in [3.8, 4) is 5.75 Å². The van der Waals surface area contributed by atoms with Crippen molar-refractivity contribution < 1.29 is 4.74 Å². The fourth-order valence-corrected chi connectivity index (χ4v) is 2.57. The van der Waals surface area contributed by atoms with Gasteiger partial charge in [0.1, 0.15) is 11.9 Å². The normalized spacial score (nSPS) is 22.3. The highest BCUT2D eigenvalue weighted by Gasteiger charge is 2.24. The SMILES string of the molecule is CC(N)CC(C)CC1Cc2ccccc2O1. The van der Waals surface area contributed by atoms with Gasteiger partial charge in [0.15, 0.2) is 0 Å². The molecule has 0 fully saturated rings. The molecule has 3 atom stereocenters. The molecule has 2 heteroatoms. The molecule has 1 heterocycles. The van der Waals surface area contributed by atoms with Crippen LogP contribution in [0, 0.1) is 5.92 Å². The molecule has 2 N–H and O–H groups in total. The maximum absolute atomic E-state index is 5.92. The number of para-hydroxylation sites is 1. The molecular weight excluding hydrogens is 198 g/mol. The third-order valence-electron chi connectivity index (χ3n) is 3.15. The van der Waals surface area contributed by atoms with Gasteiger partial charge < -0.3 is 10.5 Å². The van der Waals surface area contributed by atoms with E-state index < -0.39 is 0 Å². The van der Waals surface area contributed by atoms with E-state index in [4.69, 9.17) is 10.5 Å². The molecule has 1 aromatic carbocycles. The summed E-state index contributed by atoms with van der Waals surface area (Å²) in [7, 11) is 0. The van der Waals surface area contributed by atoms with Gasteiger partial charge in [-0.2, -0.15) is 0 Å². The van der Waals surface area contributed by atoms with Crippen molar-refractivity contribution in [2.24, 2.45) is 11.7 Å². The van der Waals surface area contributed by atoms with Crippen LogP contribution in [-0.2, 0) is 6.42 Å². The van der Waals surface area contributed by atoms with Gasteiger partial charge in [-0.1, -0.05) is 25.1 Å². The molecule has 88 valence electrons. The van der Waals surface area contributed by atoms with Crippen molar-refractivity contribution in [2.45, 2.75) is 45.3 Å². The van der Waals surface area contributed by atoms with E-state index in [9.17, 15) is 0 Å². The Kier molecular flexibility index (Phi) is 3.49. The number of benzene rings is 1. The van der Waals surface area contributed by atoms with Crippen LogP contribution in [-0.4, -0.2) is 12.1 Å². The van der Waals surface area contributed by atoms with Gasteiger partial charge in [-0.15, -0.1) is 0 Å². The summed E-state index contributed by atoms with van der Waals surface area (Å²) in [6.45, 7) is 4.33. The summed E-state index contributed by atoms with van der Waals surface area (Å²) in [6.07, 6.45) is 3.59. The molecule has 16 heavy (non-hydrogen) atoms. The molecule has 0 saturated heterocycles. The van der Waals surface area contributed by atoms with Crippen LogP contribution in [0.3, 0.4) is 0 Å². The van der Waals surface area contributed by atoms with Gasteiger partial charge in [0.25, 0.3) is 0 Å². The van der Waals surface area contributed by atoms with Crippen LogP contribution < -0.4 is 10.5 Å². The first kappa shape index (κ1) is 11.5. The molecule has 0 amide bonds. The van der Waals surface area contributed by atoms with Crippen molar-refractivity contribution in [1.82, 2.24) is 0 Å². The van der Waals surface area contributed by atoms with Crippen LogP contribution >= 0.6 is 0 Å². The Morgan fingerprint density at radius 3 is 2.81 bits per heavy atom. The van der Waals surface area contributed by atoms with E-state index in [1.807, 2.05) is 6.07 Å². The van der Waals surface area contributed by atoms with E-state index in [0.717, 1.165) is 25.0 Å². The predicted molar refractivity (Wildman–Crippen MR) is 66.6 cm³/mol. The van der Waals surface area contributed by atoms with Gasteiger partial charge in [-0.3, -0.25) is 0 Å². The minimum Gasteiger partial charge on any atom is -0.490 e. The largest absolute Gasteiger partial charge is 0.490 e. The number of nitrogens with two attached hydrogens (primary N) is 1. The van der Waals surface area contributed by atoms with Crippen LogP contribution in [0.15, 0.2) is 24.3 Å². The third kappa shape index (κ3) is 2.76. The summed E-state index contributed by atoms with van der Waals surface area (Å²) in [6, 6.07) is 8.62. The van der Waals surface area contributed by atoms with Crippen molar-refractivity contribution >= 4 is 0 Å². The Morgan fingerprint density at radius 1 is 1.38 bits per heavy atom. The fourth-order valence-electron chi connectivity index (χ4n) is 2.57. The van der Waals surface area contributed by atoms with E-state index in [0.29, 0.717) is 18.1 Å². The summed E-state index contributed by atoms with van der Waals surface area (Å²) in [4.78, 5) is 0. The van der Waals surface area contributed by atoms with Gasteiger partial charge in [-0.25, -0.2) is 0 Å². The smallest absolute Gasteiger partial charge is 0.123 e. The Labute approximate surface area is 97.8 Å². The molecule has 1 aromatic rings. The highest BCUT2D eigenvalue weighted by atomic mass is 16.5. The molecule has 0 bridgehead atoms. The van der Waals surface area contributed by atoms with Crippen molar-refractivity contribution in [3.05, 3.63) is 29.8 Å². The average Bonchev–Trinajstić information content (AvgIpc) is 2.57. The Bertz CT molecular complexity index is 323. The molecule has 0 aromatic heterocycles. The van der Waals surface area contributed by atoms with E-state index in [1.54, 1.807) is 0 Å². The number of ether oxygens (including phenoxy) is 1. The molecular formula is C14H21NO. The lowest BCUT2D eigenvalue weighted by Gasteiger charge is -2.18. The Morgan fingerprint density at radius 2 is 2.12 bits per heavy atom. The summed E-state index contributed by atoms with van der Waals surface area (Å²) in [5, 5.41) is 0. The van der Waals surface area contributed by atoms with Gasteiger partial charge in [-0.05, 0) is 37.3 Å². The number of rotatable bonds is 4. The second-order valence-corrected chi connectivity index (χ2v) is 5.11. The van der Waals surface area contributed by atoms with Crippen LogP contribution in [0.5, 0.6) is 5.75 Å². The summed E-state index contributed by atoms with van der Waals surface area (Å²) in [5.74, 6) is 1.71. The standard InChI is InChI=1S/C14H21NO/c1-10(7-11(2)15)8-13-9-12-5-3-4-6-14(12)16-13/h3-6,10-11,13H,7-9,15H2,1-2H3. The van der Waals surface area contributed by atoms with Gasteiger partial charge in [0, 0.05) is 12.5 Å². The zero-order valence-electron chi connectivity index (χ0n) is 10.1. The number of hydrogen-bond donors (Lipinski definition) is 1. The molecule has 0 saturated carbocycles. The highest BCUT2D eigenvalue weighted by Crippen LogP contribution is 2.31. The molecule has 2 nitrogen and oxygen atoms in total. The quantitative estimate of drug-likeness (QED) is 0.845. The van der Waals surface area contributed by atoms with E-state index in [-0.39, 0.29) is 0 Å². The lowest BCUT2D eigenvalue weighted by molar-refractivity contribution is 0.193. The zero-order valence-corrected chi connectivity index (χ0v) is 10.1. The van der Waals surface area contributed by atoms with Crippen LogP contribution in [0.25, 0.3) is 0 Å². The first-order valence-corrected chi connectivity index (χ1v) is 6.15. The maximum atomic E-state index is 5.92. The topological polar surface area (TPSA) is 35.2 Å². The minimum atomic E-state index is 0.291. The molecule has 0 spiro atoms. The number of hydrogen-bond acceptors (Lipinski definition) is 2. The molecule has 0 aliphatic carbocycles. The first-order chi connectivity index (χ1) is 7.65. The third-order valence-corrected chi connectivity index (χ3v) is 3.15. The van der Waals surface area contributed by atoms with E-state index in [1.165, 1.54) is 5.56 Å². The lowest BCUT2D eigenvalue weighted by Crippen LogP contribution is -2.23. The second kappa shape index (κ2) is 4.88. The fraction of sp³-hybridized carbons (Fsp3) is 0.571. The molecule has 0 radical (unpaired) electrons. The lowest BCUT2D eigenvalue weighted by atomic mass is 9.95. The molecule has 3 unspecified atom stereocenters. The van der Waals surface area contributed by atoms with Gasteiger partial charge >= 0.3 is 0 Å². The second-order valence-electron chi connectivity index (χ2n) is 5.11. The summed E-state index contributed by atoms with van der Waals surface area (Å²) >= 11 is 0. The van der Waals surface area contributed by atoms with Crippen LogP contribution in [0.2, 0.25) is 0 Å². The molecule has 1 aliphatic rings. The zero-order chi connectivity index (χ0) is 11.5. The van der Waals surface area contributed by atoms with Crippen molar-refractivity contribution in [1.29, 1.82) is 0 Å². The van der Waals surface area contributed by atoms with E-state index >= 15 is 0 Å². The first-order valence-electron chi connectivity index (χ1n) is 6.15. The monoisotopic (exact) mass is 219 g/mol. The van der Waals surface area contributed by atoms with E-state index in [2.05, 4.69) is 32.0 Å². The summed E-state index contributed by atoms with van der Waals surface area (Å²) < 4.78 is 5.92. The highest BCUT2D eigenvalue weighted by molar-refractivity contribution is 5.37. The van der Waals surface area contributed by atoms with Crippen LogP contribution in [0.1, 0.15) is 32.3 Å². The average molecular weight is 219 g/mol. The number of fused-ring (bicyclic) bond motifs is 1. The predicted octanol–water partition coefficient (Wildman–Crippen LogP) is 2.75. The Hall–Kier alpha value is -1.02. The maximum Gasteiger partial charge on any atom is 0.123 e. The molecule has 1 aliphatic heterocycles. The Balaban J connectivity index is 1.87. The molecule has 2 rings (SSSR count). The van der Waals surface area contributed by atoms with Crippen LogP contribution in [0.4, 0.5) is 0 Å². The van der Waals surface area contributed by atoms with Gasteiger partial charge in [0.2, 0.25) is 0 Å². The van der Waals surface area contributed by atoms with Gasteiger partial charge in [0.05, 0.1) is 0 Å². The van der Waals surface area contributed by atoms with Crippen molar-refractivity contribution in [3.63, 3.8) is 0 Å². The van der Waals surface area contributed by atoms with Crippen molar-refractivity contribution in [2.75, 3.05) is 0 Å². The minimum absolute atomic E-state index is 0.291.